The van der Waals surface area contributed by atoms with Crippen LogP contribution in [-0.2, 0) is 0 Å². The lowest BCUT2D eigenvalue weighted by Crippen LogP contribution is -2.45. The predicted octanol–water partition coefficient (Wildman–Crippen LogP) is 2.43. The van der Waals surface area contributed by atoms with Crippen LogP contribution in [-0.4, -0.2) is 46.2 Å². The van der Waals surface area contributed by atoms with E-state index in [2.05, 4.69) is 4.98 Å². The van der Waals surface area contributed by atoms with Crippen LogP contribution in [0.3, 0.4) is 0 Å². The number of carbonyl (C=O) groups is 1. The molecule has 0 spiro atoms. The largest absolute Gasteiger partial charge is 0.488 e. The molecule has 0 aliphatic heterocycles. The van der Waals surface area contributed by atoms with Gasteiger partial charge in [0.05, 0.1) is 11.6 Å². The summed E-state index contributed by atoms with van der Waals surface area (Å²) in [5.74, 6) is 0.606. The number of hydrogen-bond donors (Lipinski definition) is 1. The highest BCUT2D eigenvalue weighted by molar-refractivity contribution is 5.94. The second-order valence-electron chi connectivity index (χ2n) is 6.27. The van der Waals surface area contributed by atoms with Gasteiger partial charge in [-0.25, -0.2) is 0 Å². The number of hydrogen-bond acceptors (Lipinski definition) is 4. The standard InChI is InChI=1S/C19H22N2O3/c1-13-10-14(12-20-11-13)19(23)21(2)16-8-9-17(18(16)22)24-15-6-4-3-5-7-15/h3-7,10-12,16-18,22H,8-9H2,1-2H3/t16-,17+,18+/m1/s1. The first-order chi connectivity index (χ1) is 11.6. The Kier molecular flexibility index (Phi) is 4.81. The molecule has 0 unspecified atom stereocenters. The zero-order chi connectivity index (χ0) is 17.1. The molecule has 1 aliphatic carbocycles. The first-order valence-corrected chi connectivity index (χ1v) is 8.15. The lowest BCUT2D eigenvalue weighted by atomic mass is 10.1. The third-order valence-electron chi connectivity index (χ3n) is 4.49. The van der Waals surface area contributed by atoms with Crippen molar-refractivity contribution in [1.29, 1.82) is 0 Å². The molecule has 1 fully saturated rings. The van der Waals surface area contributed by atoms with E-state index in [-0.39, 0.29) is 18.1 Å². The normalized spacial score (nSPS) is 23.0. The van der Waals surface area contributed by atoms with E-state index in [1.165, 1.54) is 0 Å². The monoisotopic (exact) mass is 326 g/mol. The summed E-state index contributed by atoms with van der Waals surface area (Å²) in [5.41, 5.74) is 1.48. The van der Waals surface area contributed by atoms with Crippen molar-refractivity contribution in [1.82, 2.24) is 9.88 Å². The number of carbonyl (C=O) groups excluding carboxylic acids is 1. The van der Waals surface area contributed by atoms with Gasteiger partial charge < -0.3 is 14.7 Å². The lowest BCUT2D eigenvalue weighted by molar-refractivity contribution is 0.0166. The molecule has 1 heterocycles. The molecule has 1 aromatic carbocycles. The Labute approximate surface area is 141 Å². The van der Waals surface area contributed by atoms with Gasteiger partial charge in [0.15, 0.2) is 0 Å². The van der Waals surface area contributed by atoms with Crippen molar-refractivity contribution < 1.29 is 14.6 Å². The van der Waals surface area contributed by atoms with Gasteiger partial charge in [0.25, 0.3) is 5.91 Å². The number of nitrogens with zero attached hydrogens (tertiary/aromatic N) is 2. The van der Waals surface area contributed by atoms with E-state index in [0.717, 1.165) is 11.3 Å². The fraction of sp³-hybridized carbons (Fsp3) is 0.368. The number of ether oxygens (including phenoxy) is 1. The Morgan fingerprint density at radius 2 is 2.00 bits per heavy atom. The maximum absolute atomic E-state index is 12.6. The van der Waals surface area contributed by atoms with E-state index >= 15 is 0 Å². The molecule has 2 aromatic rings. The molecule has 5 heteroatoms. The maximum Gasteiger partial charge on any atom is 0.255 e. The van der Waals surface area contributed by atoms with E-state index in [0.29, 0.717) is 18.4 Å². The van der Waals surface area contributed by atoms with Crippen molar-refractivity contribution in [3.05, 3.63) is 59.9 Å². The summed E-state index contributed by atoms with van der Waals surface area (Å²) in [5, 5.41) is 10.6. The molecule has 5 nitrogen and oxygen atoms in total. The number of aliphatic hydroxyl groups is 1. The number of pyridine rings is 1. The Balaban J connectivity index is 1.68. The van der Waals surface area contributed by atoms with E-state index in [1.54, 1.807) is 24.3 Å². The number of aliphatic hydroxyl groups excluding tert-OH is 1. The molecule has 0 radical (unpaired) electrons. The third kappa shape index (κ3) is 3.41. The van der Waals surface area contributed by atoms with Crippen molar-refractivity contribution in [3.63, 3.8) is 0 Å². The molecule has 24 heavy (non-hydrogen) atoms. The first-order valence-electron chi connectivity index (χ1n) is 8.15. The number of likely N-dealkylation sites (N-methyl/N-ethyl adjacent to an activating group) is 1. The third-order valence-corrected chi connectivity index (χ3v) is 4.49. The Bertz CT molecular complexity index is 705. The number of aromatic nitrogens is 1. The molecule has 1 N–H and O–H groups in total. The van der Waals surface area contributed by atoms with E-state index < -0.39 is 6.10 Å². The van der Waals surface area contributed by atoms with Gasteiger partial charge in [-0.15, -0.1) is 0 Å². The van der Waals surface area contributed by atoms with Crippen molar-refractivity contribution in [3.8, 4) is 5.75 Å². The van der Waals surface area contributed by atoms with Crippen molar-refractivity contribution in [2.45, 2.75) is 38.0 Å². The fourth-order valence-corrected chi connectivity index (χ4v) is 3.18. The van der Waals surface area contributed by atoms with Crippen LogP contribution in [0.25, 0.3) is 0 Å². The zero-order valence-corrected chi connectivity index (χ0v) is 13.9. The highest BCUT2D eigenvalue weighted by atomic mass is 16.5. The van der Waals surface area contributed by atoms with Gasteiger partial charge in [0.2, 0.25) is 0 Å². The van der Waals surface area contributed by atoms with Gasteiger partial charge in [0, 0.05) is 19.4 Å². The molecule has 1 aliphatic rings. The van der Waals surface area contributed by atoms with Gasteiger partial charge in [0.1, 0.15) is 18.0 Å². The van der Waals surface area contributed by atoms with Crippen LogP contribution >= 0.6 is 0 Å². The van der Waals surface area contributed by atoms with Gasteiger partial charge in [-0.3, -0.25) is 9.78 Å². The van der Waals surface area contributed by atoms with Crippen LogP contribution in [0.5, 0.6) is 5.75 Å². The SMILES string of the molecule is Cc1cncc(C(=O)N(C)[C@@H]2CC[C@H](Oc3ccccc3)[C@H]2O)c1. The minimum absolute atomic E-state index is 0.129. The summed E-state index contributed by atoms with van der Waals surface area (Å²) in [7, 11) is 1.73. The second-order valence-corrected chi connectivity index (χ2v) is 6.27. The molecular weight excluding hydrogens is 304 g/mol. The molecule has 1 amide bonds. The molecule has 0 saturated heterocycles. The summed E-state index contributed by atoms with van der Waals surface area (Å²) < 4.78 is 5.87. The average molecular weight is 326 g/mol. The van der Waals surface area contributed by atoms with Crippen molar-refractivity contribution in [2.75, 3.05) is 7.05 Å². The molecule has 0 bridgehead atoms. The Hall–Kier alpha value is -2.40. The average Bonchev–Trinajstić information content (AvgIpc) is 2.95. The van der Waals surface area contributed by atoms with E-state index in [1.807, 2.05) is 43.3 Å². The minimum Gasteiger partial charge on any atom is -0.488 e. The first kappa shape index (κ1) is 16.5. The zero-order valence-electron chi connectivity index (χ0n) is 13.9. The van der Waals surface area contributed by atoms with Crippen LogP contribution in [0.15, 0.2) is 48.8 Å². The maximum atomic E-state index is 12.6. The molecule has 1 aromatic heterocycles. The molecular formula is C19H22N2O3. The van der Waals surface area contributed by atoms with Gasteiger partial charge >= 0.3 is 0 Å². The van der Waals surface area contributed by atoms with E-state index in [9.17, 15) is 9.90 Å². The van der Waals surface area contributed by atoms with Gasteiger partial charge in [-0.1, -0.05) is 18.2 Å². The van der Waals surface area contributed by atoms with Crippen LogP contribution in [0.1, 0.15) is 28.8 Å². The predicted molar refractivity (Wildman–Crippen MR) is 91.0 cm³/mol. The number of benzene rings is 1. The number of para-hydroxylation sites is 1. The molecule has 126 valence electrons. The summed E-state index contributed by atoms with van der Waals surface area (Å²) in [6, 6.07) is 11.0. The second kappa shape index (κ2) is 7.01. The van der Waals surface area contributed by atoms with E-state index in [4.69, 9.17) is 4.74 Å². The Morgan fingerprint density at radius 1 is 1.25 bits per heavy atom. The van der Waals surface area contributed by atoms with Crippen LogP contribution < -0.4 is 4.74 Å². The topological polar surface area (TPSA) is 62.7 Å². The molecule has 3 atom stereocenters. The van der Waals surface area contributed by atoms with Crippen molar-refractivity contribution in [2.24, 2.45) is 0 Å². The fourth-order valence-electron chi connectivity index (χ4n) is 3.18. The summed E-state index contributed by atoms with van der Waals surface area (Å²) in [6.45, 7) is 1.90. The smallest absolute Gasteiger partial charge is 0.255 e. The summed E-state index contributed by atoms with van der Waals surface area (Å²) in [6.07, 6.45) is 3.68. The summed E-state index contributed by atoms with van der Waals surface area (Å²) in [4.78, 5) is 18.3. The minimum atomic E-state index is -0.711. The molecule has 3 rings (SSSR count). The Morgan fingerprint density at radius 3 is 2.71 bits per heavy atom. The molecule has 1 saturated carbocycles. The van der Waals surface area contributed by atoms with Crippen LogP contribution in [0.2, 0.25) is 0 Å². The highest BCUT2D eigenvalue weighted by Gasteiger charge is 2.40. The number of amides is 1. The van der Waals surface area contributed by atoms with Gasteiger partial charge in [-0.05, 0) is 43.5 Å². The summed E-state index contributed by atoms with van der Waals surface area (Å²) >= 11 is 0. The number of rotatable bonds is 4. The highest BCUT2D eigenvalue weighted by Crippen LogP contribution is 2.28. The van der Waals surface area contributed by atoms with Gasteiger partial charge in [-0.2, -0.15) is 0 Å². The van der Waals surface area contributed by atoms with Crippen LogP contribution in [0, 0.1) is 6.92 Å². The quantitative estimate of drug-likeness (QED) is 0.937. The number of aryl methyl sites for hydroxylation is 1. The van der Waals surface area contributed by atoms with Crippen LogP contribution in [0.4, 0.5) is 0 Å². The lowest BCUT2D eigenvalue weighted by Gasteiger charge is -2.28. The van der Waals surface area contributed by atoms with Crippen molar-refractivity contribution >= 4 is 5.91 Å².